The molecule has 0 aliphatic rings. The fourth-order valence-electron chi connectivity index (χ4n) is 0.876. The third-order valence-electron chi connectivity index (χ3n) is 1.53. The Bertz CT molecular complexity index is 234. The van der Waals surface area contributed by atoms with Gasteiger partial charge in [-0.3, -0.25) is 0 Å². The van der Waals surface area contributed by atoms with E-state index in [1.165, 1.54) is 12.3 Å². The van der Waals surface area contributed by atoms with E-state index < -0.39 is 12.5 Å². The predicted molar refractivity (Wildman–Crippen MR) is 36.4 cm³/mol. The lowest BCUT2D eigenvalue weighted by atomic mass is 10.1. The third kappa shape index (κ3) is 1.57. The fraction of sp³-hybridized carbons (Fsp3) is 0.429. The van der Waals surface area contributed by atoms with Crippen LogP contribution in [0.15, 0.2) is 16.7 Å². The molecule has 1 heterocycles. The molecule has 0 radical (unpaired) electrons. The van der Waals surface area contributed by atoms with Crippen molar-refractivity contribution in [3.05, 3.63) is 23.7 Å². The molecule has 1 atom stereocenters. The first-order chi connectivity index (χ1) is 5.13. The van der Waals surface area contributed by atoms with Crippen LogP contribution in [0.3, 0.4) is 0 Å². The Balaban J connectivity index is 2.84. The standard InChI is InChI=1S/C7H9F2NO/c1-4-5(2-3-11-4)6(10)7(8)9/h2-3,6-7H,10H2,1H3. The van der Waals surface area contributed by atoms with Gasteiger partial charge >= 0.3 is 0 Å². The lowest BCUT2D eigenvalue weighted by molar-refractivity contribution is 0.115. The molecule has 0 saturated carbocycles. The van der Waals surface area contributed by atoms with E-state index in [4.69, 9.17) is 10.2 Å². The van der Waals surface area contributed by atoms with E-state index in [2.05, 4.69) is 0 Å². The van der Waals surface area contributed by atoms with Crippen molar-refractivity contribution in [2.45, 2.75) is 19.4 Å². The number of furan rings is 1. The third-order valence-corrected chi connectivity index (χ3v) is 1.53. The van der Waals surface area contributed by atoms with Gasteiger partial charge in [0.1, 0.15) is 5.76 Å². The van der Waals surface area contributed by atoms with Crippen molar-refractivity contribution in [1.82, 2.24) is 0 Å². The Hall–Kier alpha value is -0.900. The average Bonchev–Trinajstić information content (AvgIpc) is 2.33. The molecule has 1 aromatic rings. The van der Waals surface area contributed by atoms with Gasteiger partial charge in [-0.25, -0.2) is 8.78 Å². The maximum absolute atomic E-state index is 12.0. The minimum atomic E-state index is -2.54. The van der Waals surface area contributed by atoms with Crippen LogP contribution >= 0.6 is 0 Å². The van der Waals surface area contributed by atoms with Crippen LogP contribution in [-0.2, 0) is 0 Å². The molecule has 2 nitrogen and oxygen atoms in total. The van der Waals surface area contributed by atoms with E-state index in [1.54, 1.807) is 6.92 Å². The Morgan fingerprint density at radius 2 is 2.18 bits per heavy atom. The number of nitrogens with two attached hydrogens (primary N) is 1. The zero-order chi connectivity index (χ0) is 8.43. The second kappa shape index (κ2) is 3.00. The van der Waals surface area contributed by atoms with Crippen molar-refractivity contribution in [2.75, 3.05) is 0 Å². The smallest absolute Gasteiger partial charge is 0.257 e. The summed E-state index contributed by atoms with van der Waals surface area (Å²) in [5.74, 6) is 0.456. The van der Waals surface area contributed by atoms with Crippen LogP contribution in [0.5, 0.6) is 0 Å². The Morgan fingerprint density at radius 1 is 1.55 bits per heavy atom. The van der Waals surface area contributed by atoms with Crippen LogP contribution in [0.4, 0.5) is 8.78 Å². The number of halogens is 2. The van der Waals surface area contributed by atoms with Gasteiger partial charge in [-0.1, -0.05) is 0 Å². The molecule has 1 rings (SSSR count). The largest absolute Gasteiger partial charge is 0.469 e. The molecule has 0 aliphatic carbocycles. The van der Waals surface area contributed by atoms with Crippen LogP contribution in [0.25, 0.3) is 0 Å². The number of hydrogen-bond acceptors (Lipinski definition) is 2. The summed E-state index contributed by atoms with van der Waals surface area (Å²) < 4.78 is 28.8. The monoisotopic (exact) mass is 161 g/mol. The molecule has 4 heteroatoms. The molecule has 0 aliphatic heterocycles. The molecule has 0 amide bonds. The molecule has 62 valence electrons. The number of rotatable bonds is 2. The van der Waals surface area contributed by atoms with Crippen molar-refractivity contribution >= 4 is 0 Å². The Labute approximate surface area is 63.0 Å². The first-order valence-electron chi connectivity index (χ1n) is 3.20. The summed E-state index contributed by atoms with van der Waals surface area (Å²) in [6.07, 6.45) is -1.18. The molecule has 1 aromatic heterocycles. The van der Waals surface area contributed by atoms with Crippen LogP contribution in [0.1, 0.15) is 17.4 Å². The summed E-state index contributed by atoms with van der Waals surface area (Å²) in [4.78, 5) is 0. The lowest BCUT2D eigenvalue weighted by Gasteiger charge is -2.07. The number of aryl methyl sites for hydroxylation is 1. The van der Waals surface area contributed by atoms with Gasteiger partial charge in [0.2, 0.25) is 0 Å². The highest BCUT2D eigenvalue weighted by molar-refractivity contribution is 5.20. The highest BCUT2D eigenvalue weighted by Crippen LogP contribution is 2.21. The average molecular weight is 161 g/mol. The fourth-order valence-corrected chi connectivity index (χ4v) is 0.876. The van der Waals surface area contributed by atoms with Crippen molar-refractivity contribution in [3.8, 4) is 0 Å². The summed E-state index contributed by atoms with van der Waals surface area (Å²) >= 11 is 0. The number of alkyl halides is 2. The Morgan fingerprint density at radius 3 is 2.55 bits per heavy atom. The SMILES string of the molecule is Cc1occc1C(N)C(F)F. The molecule has 2 N–H and O–H groups in total. The van der Waals surface area contributed by atoms with Crippen molar-refractivity contribution in [1.29, 1.82) is 0 Å². The second-order valence-corrected chi connectivity index (χ2v) is 2.29. The molecular formula is C7H9F2NO. The van der Waals surface area contributed by atoms with E-state index in [9.17, 15) is 8.78 Å². The zero-order valence-corrected chi connectivity index (χ0v) is 6.05. The topological polar surface area (TPSA) is 39.2 Å². The van der Waals surface area contributed by atoms with Gasteiger partial charge in [0.15, 0.2) is 0 Å². The lowest BCUT2D eigenvalue weighted by Crippen LogP contribution is -2.18. The summed E-state index contributed by atoms with van der Waals surface area (Å²) in [5.41, 5.74) is 5.55. The summed E-state index contributed by atoms with van der Waals surface area (Å²) in [7, 11) is 0. The highest BCUT2D eigenvalue weighted by Gasteiger charge is 2.20. The first kappa shape index (κ1) is 8.20. The van der Waals surface area contributed by atoms with E-state index in [0.717, 1.165) is 0 Å². The maximum Gasteiger partial charge on any atom is 0.257 e. The second-order valence-electron chi connectivity index (χ2n) is 2.29. The molecule has 0 spiro atoms. The summed E-state index contributed by atoms with van der Waals surface area (Å²) in [6.45, 7) is 1.61. The number of hydrogen-bond donors (Lipinski definition) is 1. The van der Waals surface area contributed by atoms with Gasteiger partial charge < -0.3 is 10.2 Å². The van der Waals surface area contributed by atoms with Crippen LogP contribution in [0.2, 0.25) is 0 Å². The van der Waals surface area contributed by atoms with E-state index >= 15 is 0 Å². The zero-order valence-electron chi connectivity index (χ0n) is 6.05. The van der Waals surface area contributed by atoms with Crippen LogP contribution in [0, 0.1) is 6.92 Å². The molecule has 11 heavy (non-hydrogen) atoms. The predicted octanol–water partition coefficient (Wildman–Crippen LogP) is 1.85. The van der Waals surface area contributed by atoms with Gasteiger partial charge in [0, 0.05) is 5.56 Å². The minimum absolute atomic E-state index is 0.375. The van der Waals surface area contributed by atoms with Gasteiger partial charge in [0.05, 0.1) is 12.3 Å². The van der Waals surface area contributed by atoms with Gasteiger partial charge in [-0.05, 0) is 13.0 Å². The molecule has 0 bridgehead atoms. The van der Waals surface area contributed by atoms with E-state index in [0.29, 0.717) is 11.3 Å². The summed E-state index contributed by atoms with van der Waals surface area (Å²) in [6, 6.07) is 0.236. The molecule has 0 aromatic carbocycles. The van der Waals surface area contributed by atoms with Crippen molar-refractivity contribution in [2.24, 2.45) is 5.73 Å². The molecule has 0 saturated heterocycles. The van der Waals surface area contributed by atoms with Crippen molar-refractivity contribution < 1.29 is 13.2 Å². The molecule has 1 unspecified atom stereocenters. The first-order valence-corrected chi connectivity index (χ1v) is 3.20. The molecule has 0 fully saturated rings. The molecular weight excluding hydrogens is 152 g/mol. The quantitative estimate of drug-likeness (QED) is 0.718. The normalized spacial score (nSPS) is 13.9. The van der Waals surface area contributed by atoms with Gasteiger partial charge in [-0.2, -0.15) is 0 Å². The van der Waals surface area contributed by atoms with E-state index in [-0.39, 0.29) is 0 Å². The van der Waals surface area contributed by atoms with Crippen LogP contribution in [-0.4, -0.2) is 6.43 Å². The van der Waals surface area contributed by atoms with Gasteiger partial charge in [0.25, 0.3) is 6.43 Å². The van der Waals surface area contributed by atoms with Crippen molar-refractivity contribution in [3.63, 3.8) is 0 Å². The maximum atomic E-state index is 12.0. The summed E-state index contributed by atoms with van der Waals surface area (Å²) in [5, 5.41) is 0. The highest BCUT2D eigenvalue weighted by atomic mass is 19.3. The minimum Gasteiger partial charge on any atom is -0.469 e. The van der Waals surface area contributed by atoms with Gasteiger partial charge in [-0.15, -0.1) is 0 Å². The van der Waals surface area contributed by atoms with Crippen LogP contribution < -0.4 is 5.73 Å². The Kier molecular flexibility index (Phi) is 2.24. The van der Waals surface area contributed by atoms with E-state index in [1.807, 2.05) is 0 Å².